The van der Waals surface area contributed by atoms with Gasteiger partial charge in [-0.3, -0.25) is 0 Å². The number of hydrogen-bond donors (Lipinski definition) is 0. The van der Waals surface area contributed by atoms with Crippen LogP contribution in [0.1, 0.15) is 0 Å². The van der Waals surface area contributed by atoms with E-state index in [9.17, 15) is 26.0 Å². The van der Waals surface area contributed by atoms with Gasteiger partial charge in [-0.1, -0.05) is 12.1 Å². The van der Waals surface area contributed by atoms with E-state index in [-0.39, 0.29) is 17.9 Å². The van der Waals surface area contributed by atoms with Crippen LogP contribution in [0.3, 0.4) is 0 Å². The minimum absolute atomic E-state index is 0.0441. The number of methoxy groups -OCH3 is 1. The number of ether oxygens (including phenoxy) is 2. The molecule has 2 aromatic rings. The maximum Gasteiger partial charge on any atom is 0.534 e. The standard InChI is InChI=1S/C13H10F4O5S/c1-20-7-21-9-5-8-3-2-4-10(14)12(8)11(6-9)22-23(18,19)13(15,16)17/h2-6H,7H2,1H3. The lowest BCUT2D eigenvalue weighted by atomic mass is 10.1. The van der Waals surface area contributed by atoms with Crippen molar-refractivity contribution in [3.8, 4) is 11.5 Å². The first-order valence-electron chi connectivity index (χ1n) is 6.00. The van der Waals surface area contributed by atoms with Crippen molar-refractivity contribution in [2.75, 3.05) is 13.9 Å². The molecule has 0 N–H and O–H groups in total. The third kappa shape index (κ3) is 3.64. The Kier molecular flexibility index (Phi) is 4.66. The lowest BCUT2D eigenvalue weighted by Crippen LogP contribution is -2.28. The molecule has 0 unspecified atom stereocenters. The number of rotatable bonds is 5. The van der Waals surface area contributed by atoms with E-state index in [1.165, 1.54) is 25.3 Å². The molecule has 0 atom stereocenters. The first-order chi connectivity index (χ1) is 10.7. The molecule has 126 valence electrons. The molecular formula is C13H10F4O5S. The van der Waals surface area contributed by atoms with Crippen molar-refractivity contribution in [2.45, 2.75) is 5.51 Å². The van der Waals surface area contributed by atoms with E-state index in [1.807, 2.05) is 0 Å². The highest BCUT2D eigenvalue weighted by atomic mass is 32.2. The summed E-state index contributed by atoms with van der Waals surface area (Å²) in [6.45, 7) is -0.244. The Morgan fingerprint density at radius 2 is 1.87 bits per heavy atom. The van der Waals surface area contributed by atoms with Gasteiger partial charge in [-0.25, -0.2) is 4.39 Å². The van der Waals surface area contributed by atoms with Crippen molar-refractivity contribution in [3.63, 3.8) is 0 Å². The number of benzene rings is 2. The first kappa shape index (κ1) is 17.3. The average molecular weight is 354 g/mol. The van der Waals surface area contributed by atoms with Gasteiger partial charge in [0.15, 0.2) is 12.5 Å². The lowest BCUT2D eigenvalue weighted by molar-refractivity contribution is -0.0499. The summed E-state index contributed by atoms with van der Waals surface area (Å²) < 4.78 is 87.4. The van der Waals surface area contributed by atoms with E-state index >= 15 is 0 Å². The Bertz CT molecular complexity index is 817. The van der Waals surface area contributed by atoms with Gasteiger partial charge in [0.2, 0.25) is 0 Å². The zero-order chi connectivity index (χ0) is 17.3. The molecule has 0 aliphatic heterocycles. The van der Waals surface area contributed by atoms with Crippen LogP contribution < -0.4 is 8.92 Å². The van der Waals surface area contributed by atoms with Crippen LogP contribution in [0, 0.1) is 5.82 Å². The van der Waals surface area contributed by atoms with Crippen LogP contribution in [-0.4, -0.2) is 27.8 Å². The molecule has 0 saturated carbocycles. The summed E-state index contributed by atoms with van der Waals surface area (Å²) in [5.41, 5.74) is -5.64. The molecule has 0 amide bonds. The molecule has 2 aromatic carbocycles. The molecule has 0 heterocycles. The van der Waals surface area contributed by atoms with Crippen LogP contribution in [0.15, 0.2) is 30.3 Å². The molecule has 0 saturated heterocycles. The Labute approximate surface area is 128 Å². The average Bonchev–Trinajstić information content (AvgIpc) is 2.43. The van der Waals surface area contributed by atoms with Crippen LogP contribution in [0.2, 0.25) is 0 Å². The smallest absolute Gasteiger partial charge is 0.467 e. The van der Waals surface area contributed by atoms with E-state index in [1.54, 1.807) is 0 Å². The fourth-order valence-electron chi connectivity index (χ4n) is 1.76. The van der Waals surface area contributed by atoms with Crippen molar-refractivity contribution >= 4 is 20.9 Å². The highest BCUT2D eigenvalue weighted by Crippen LogP contribution is 2.36. The normalized spacial score (nSPS) is 12.4. The predicted molar refractivity (Wildman–Crippen MR) is 72.0 cm³/mol. The fourth-order valence-corrected chi connectivity index (χ4v) is 2.22. The molecule has 2 rings (SSSR count). The van der Waals surface area contributed by atoms with Crippen LogP contribution in [0.25, 0.3) is 10.8 Å². The largest absolute Gasteiger partial charge is 0.534 e. The summed E-state index contributed by atoms with van der Waals surface area (Å²) in [5.74, 6) is -1.81. The fraction of sp³-hybridized carbons (Fsp3) is 0.231. The number of alkyl halides is 3. The minimum Gasteiger partial charge on any atom is -0.467 e. The van der Waals surface area contributed by atoms with Crippen molar-refractivity contribution in [1.29, 1.82) is 0 Å². The van der Waals surface area contributed by atoms with Gasteiger partial charge in [0.1, 0.15) is 11.6 Å². The highest BCUT2D eigenvalue weighted by Gasteiger charge is 2.48. The SMILES string of the molecule is COCOc1cc(OS(=O)(=O)C(F)(F)F)c2c(F)cccc2c1. The summed E-state index contributed by atoms with van der Waals surface area (Å²) in [5, 5.41) is -0.309. The molecule has 0 bridgehead atoms. The summed E-state index contributed by atoms with van der Waals surface area (Å²) in [7, 11) is -4.64. The Balaban J connectivity index is 2.60. The summed E-state index contributed by atoms with van der Waals surface area (Å²) in [6.07, 6.45) is 0. The van der Waals surface area contributed by atoms with Crippen LogP contribution >= 0.6 is 0 Å². The van der Waals surface area contributed by atoms with Gasteiger partial charge in [0, 0.05) is 13.2 Å². The van der Waals surface area contributed by atoms with Crippen molar-refractivity contribution < 1.29 is 39.6 Å². The van der Waals surface area contributed by atoms with E-state index in [0.29, 0.717) is 0 Å². The molecule has 5 nitrogen and oxygen atoms in total. The molecule has 0 aromatic heterocycles. The quantitative estimate of drug-likeness (QED) is 0.357. The monoisotopic (exact) mass is 354 g/mol. The third-order valence-corrected chi connectivity index (χ3v) is 3.66. The zero-order valence-electron chi connectivity index (χ0n) is 11.6. The predicted octanol–water partition coefficient (Wildman–Crippen LogP) is 3.19. The topological polar surface area (TPSA) is 61.8 Å². The van der Waals surface area contributed by atoms with Crippen LogP contribution in [0.5, 0.6) is 11.5 Å². The summed E-state index contributed by atoms with van der Waals surface area (Å²) >= 11 is 0. The van der Waals surface area contributed by atoms with Crippen molar-refractivity contribution in [1.82, 2.24) is 0 Å². The molecule has 0 spiro atoms. The number of fused-ring (bicyclic) bond motifs is 1. The third-order valence-electron chi connectivity index (χ3n) is 2.69. The maximum atomic E-state index is 13.9. The van der Waals surface area contributed by atoms with E-state index < -0.39 is 32.6 Å². The lowest BCUT2D eigenvalue weighted by Gasteiger charge is -2.14. The molecule has 10 heteroatoms. The van der Waals surface area contributed by atoms with Crippen molar-refractivity contribution in [3.05, 3.63) is 36.1 Å². The van der Waals surface area contributed by atoms with Gasteiger partial charge in [-0.15, -0.1) is 0 Å². The van der Waals surface area contributed by atoms with Crippen molar-refractivity contribution in [2.24, 2.45) is 0 Å². The zero-order valence-corrected chi connectivity index (χ0v) is 12.4. The van der Waals surface area contributed by atoms with E-state index in [0.717, 1.165) is 12.1 Å². The second kappa shape index (κ2) is 6.20. The summed E-state index contributed by atoms with van der Waals surface area (Å²) in [4.78, 5) is 0. The molecule has 0 radical (unpaired) electrons. The molecule has 0 fully saturated rings. The Morgan fingerprint density at radius 1 is 1.17 bits per heavy atom. The Hall–Kier alpha value is -2.07. The van der Waals surface area contributed by atoms with Gasteiger partial charge < -0.3 is 13.7 Å². The van der Waals surface area contributed by atoms with Gasteiger partial charge >= 0.3 is 15.6 Å². The molecule has 0 aliphatic rings. The van der Waals surface area contributed by atoms with Gasteiger partial charge in [0.25, 0.3) is 0 Å². The second-order valence-electron chi connectivity index (χ2n) is 4.29. The highest BCUT2D eigenvalue weighted by molar-refractivity contribution is 7.88. The van der Waals surface area contributed by atoms with Gasteiger partial charge in [-0.2, -0.15) is 21.6 Å². The van der Waals surface area contributed by atoms with E-state index in [4.69, 9.17) is 4.74 Å². The maximum absolute atomic E-state index is 13.9. The van der Waals surface area contributed by atoms with Gasteiger partial charge in [0.05, 0.1) is 5.39 Å². The number of halogens is 4. The first-order valence-corrected chi connectivity index (χ1v) is 7.41. The van der Waals surface area contributed by atoms with Crippen LogP contribution in [0.4, 0.5) is 17.6 Å². The second-order valence-corrected chi connectivity index (χ2v) is 5.83. The molecular weight excluding hydrogens is 344 g/mol. The molecule has 0 aliphatic carbocycles. The van der Waals surface area contributed by atoms with E-state index in [2.05, 4.69) is 8.92 Å². The number of hydrogen-bond acceptors (Lipinski definition) is 5. The minimum atomic E-state index is -5.95. The molecule has 23 heavy (non-hydrogen) atoms. The van der Waals surface area contributed by atoms with Gasteiger partial charge in [-0.05, 0) is 17.5 Å². The Morgan fingerprint density at radius 3 is 2.48 bits per heavy atom. The van der Waals surface area contributed by atoms with Crippen LogP contribution in [-0.2, 0) is 14.9 Å². The summed E-state index contributed by atoms with van der Waals surface area (Å²) in [6, 6.07) is 5.79.